The predicted octanol–water partition coefficient (Wildman–Crippen LogP) is 2.08. The molecule has 0 bridgehead atoms. The van der Waals surface area contributed by atoms with E-state index in [-0.39, 0.29) is 26.9 Å². The number of carbonyl (C=O) groups is 2. The molecular formula is C16H14ClN3O7S. The normalized spacial score (nSPS) is 12.1. The average molecular weight is 428 g/mol. The summed E-state index contributed by atoms with van der Waals surface area (Å²) in [6, 6.07) is 8.26. The van der Waals surface area contributed by atoms with E-state index in [0.717, 1.165) is 12.1 Å². The number of benzene rings is 2. The minimum absolute atomic E-state index is 0.0678. The molecule has 0 radical (unpaired) electrons. The van der Waals surface area contributed by atoms with Crippen LogP contribution in [0.2, 0.25) is 5.02 Å². The van der Waals surface area contributed by atoms with Crippen LogP contribution in [0.5, 0.6) is 0 Å². The van der Waals surface area contributed by atoms with Crippen molar-refractivity contribution < 1.29 is 27.7 Å². The maximum absolute atomic E-state index is 12.2. The number of anilines is 1. The van der Waals surface area contributed by atoms with Crippen molar-refractivity contribution >= 4 is 44.9 Å². The van der Waals surface area contributed by atoms with Crippen LogP contribution < -0.4 is 10.5 Å². The van der Waals surface area contributed by atoms with Crippen molar-refractivity contribution in [1.82, 2.24) is 0 Å². The number of primary sulfonamides is 1. The highest BCUT2D eigenvalue weighted by atomic mass is 35.5. The SMILES string of the molecule is C[C@H](OC(=O)c1cc([N+](=O)[O-])ccc1Cl)C(=O)Nc1ccc(S(N)(=O)=O)cc1. The summed E-state index contributed by atoms with van der Waals surface area (Å²) in [5, 5.41) is 18.2. The Labute approximate surface area is 164 Å². The van der Waals surface area contributed by atoms with Crippen LogP contribution in [0.25, 0.3) is 0 Å². The van der Waals surface area contributed by atoms with Crippen LogP contribution in [-0.2, 0) is 19.6 Å². The number of amides is 1. The van der Waals surface area contributed by atoms with Gasteiger partial charge < -0.3 is 10.1 Å². The fraction of sp³-hybridized carbons (Fsp3) is 0.125. The third kappa shape index (κ3) is 5.25. The van der Waals surface area contributed by atoms with Gasteiger partial charge in [-0.25, -0.2) is 18.4 Å². The molecule has 3 N–H and O–H groups in total. The van der Waals surface area contributed by atoms with Gasteiger partial charge in [-0.2, -0.15) is 0 Å². The van der Waals surface area contributed by atoms with E-state index in [2.05, 4.69) is 5.32 Å². The Hall–Kier alpha value is -3.02. The topological polar surface area (TPSA) is 159 Å². The third-order valence-electron chi connectivity index (χ3n) is 3.48. The quantitative estimate of drug-likeness (QED) is 0.405. The molecule has 0 unspecified atom stereocenters. The van der Waals surface area contributed by atoms with Gasteiger partial charge in [-0.1, -0.05) is 11.6 Å². The van der Waals surface area contributed by atoms with E-state index in [0.29, 0.717) is 0 Å². The molecule has 0 aliphatic rings. The maximum atomic E-state index is 12.2. The van der Waals surface area contributed by atoms with Crippen LogP contribution in [0.1, 0.15) is 17.3 Å². The van der Waals surface area contributed by atoms with E-state index in [4.69, 9.17) is 21.5 Å². The molecule has 0 heterocycles. The summed E-state index contributed by atoms with van der Waals surface area (Å²) in [4.78, 5) is 34.3. The molecule has 0 fully saturated rings. The smallest absolute Gasteiger partial charge is 0.340 e. The van der Waals surface area contributed by atoms with Crippen molar-refractivity contribution in [3.05, 3.63) is 63.2 Å². The molecule has 28 heavy (non-hydrogen) atoms. The minimum Gasteiger partial charge on any atom is -0.449 e. The third-order valence-corrected chi connectivity index (χ3v) is 4.74. The number of carbonyl (C=O) groups excluding carboxylic acids is 2. The fourth-order valence-corrected chi connectivity index (χ4v) is 2.74. The lowest BCUT2D eigenvalue weighted by molar-refractivity contribution is -0.384. The number of hydrogen-bond donors (Lipinski definition) is 2. The number of esters is 1. The monoisotopic (exact) mass is 427 g/mol. The number of nitrogens with zero attached hydrogens (tertiary/aromatic N) is 1. The number of hydrogen-bond acceptors (Lipinski definition) is 7. The highest BCUT2D eigenvalue weighted by Gasteiger charge is 2.23. The summed E-state index contributed by atoms with van der Waals surface area (Å²) >= 11 is 5.86. The zero-order valence-corrected chi connectivity index (χ0v) is 15.9. The van der Waals surface area contributed by atoms with Crippen molar-refractivity contribution in [2.24, 2.45) is 5.14 Å². The molecule has 2 rings (SSSR count). The Balaban J connectivity index is 2.07. The Morgan fingerprint density at radius 2 is 1.82 bits per heavy atom. The van der Waals surface area contributed by atoms with Crippen LogP contribution in [-0.4, -0.2) is 31.3 Å². The van der Waals surface area contributed by atoms with E-state index >= 15 is 0 Å². The summed E-state index contributed by atoms with van der Waals surface area (Å²) in [6.45, 7) is 1.29. The summed E-state index contributed by atoms with van der Waals surface area (Å²) in [5.74, 6) is -1.72. The predicted molar refractivity (Wildman–Crippen MR) is 99.4 cm³/mol. The second-order valence-electron chi connectivity index (χ2n) is 5.53. The Morgan fingerprint density at radius 1 is 1.21 bits per heavy atom. The van der Waals surface area contributed by atoms with Crippen LogP contribution >= 0.6 is 11.6 Å². The van der Waals surface area contributed by atoms with Crippen molar-refractivity contribution in [3.63, 3.8) is 0 Å². The average Bonchev–Trinajstić information content (AvgIpc) is 2.61. The van der Waals surface area contributed by atoms with Crippen LogP contribution in [0.3, 0.4) is 0 Å². The first-order chi connectivity index (χ1) is 13.0. The Morgan fingerprint density at radius 3 is 2.36 bits per heavy atom. The molecule has 0 saturated heterocycles. The second kappa shape index (κ2) is 8.33. The molecule has 0 aromatic heterocycles. The number of halogens is 1. The first-order valence-electron chi connectivity index (χ1n) is 7.57. The molecule has 10 nitrogen and oxygen atoms in total. The second-order valence-corrected chi connectivity index (χ2v) is 7.50. The maximum Gasteiger partial charge on any atom is 0.340 e. The summed E-state index contributed by atoms with van der Waals surface area (Å²) in [6.07, 6.45) is -1.26. The Kier molecular flexibility index (Phi) is 6.33. The highest BCUT2D eigenvalue weighted by molar-refractivity contribution is 7.89. The molecule has 0 aliphatic heterocycles. The van der Waals surface area contributed by atoms with Gasteiger partial charge in [0.05, 0.1) is 20.4 Å². The number of ether oxygens (including phenoxy) is 1. The number of nitro benzene ring substituents is 1. The van der Waals surface area contributed by atoms with Crippen molar-refractivity contribution in [1.29, 1.82) is 0 Å². The molecule has 1 atom stereocenters. The van der Waals surface area contributed by atoms with Gasteiger partial charge in [0.15, 0.2) is 6.10 Å². The molecule has 148 valence electrons. The zero-order valence-electron chi connectivity index (χ0n) is 14.3. The van der Waals surface area contributed by atoms with Gasteiger partial charge in [0.1, 0.15) is 0 Å². The molecule has 0 spiro atoms. The lowest BCUT2D eigenvalue weighted by atomic mass is 10.2. The van der Waals surface area contributed by atoms with Gasteiger partial charge in [0, 0.05) is 17.8 Å². The largest absolute Gasteiger partial charge is 0.449 e. The lowest BCUT2D eigenvalue weighted by Crippen LogP contribution is -2.30. The number of nitrogens with two attached hydrogens (primary N) is 1. The first kappa shape index (κ1) is 21.3. The number of nitrogens with one attached hydrogen (secondary N) is 1. The van der Waals surface area contributed by atoms with Crippen molar-refractivity contribution in [3.8, 4) is 0 Å². The Bertz CT molecular complexity index is 1040. The number of non-ortho nitro benzene ring substituents is 1. The highest BCUT2D eigenvalue weighted by Crippen LogP contribution is 2.23. The molecule has 12 heteroatoms. The van der Waals surface area contributed by atoms with Gasteiger partial charge in [-0.05, 0) is 37.3 Å². The van der Waals surface area contributed by atoms with E-state index in [1.54, 1.807) is 0 Å². The number of rotatable bonds is 6. The van der Waals surface area contributed by atoms with E-state index in [9.17, 15) is 28.1 Å². The van der Waals surface area contributed by atoms with Crippen LogP contribution in [0.15, 0.2) is 47.4 Å². The molecular weight excluding hydrogens is 414 g/mol. The van der Waals surface area contributed by atoms with E-state index in [1.165, 1.54) is 37.3 Å². The van der Waals surface area contributed by atoms with Crippen molar-refractivity contribution in [2.75, 3.05) is 5.32 Å². The minimum atomic E-state index is -3.87. The van der Waals surface area contributed by atoms with Crippen LogP contribution in [0.4, 0.5) is 11.4 Å². The van der Waals surface area contributed by atoms with E-state index < -0.39 is 32.9 Å². The fourth-order valence-electron chi connectivity index (χ4n) is 2.03. The van der Waals surface area contributed by atoms with Gasteiger partial charge in [0.25, 0.3) is 11.6 Å². The first-order valence-corrected chi connectivity index (χ1v) is 9.50. The molecule has 0 aliphatic carbocycles. The summed E-state index contributed by atoms with van der Waals surface area (Å²) in [5.41, 5.74) is -0.370. The molecule has 2 aromatic carbocycles. The standard InChI is InChI=1S/C16H14ClN3O7S/c1-9(15(21)19-10-2-5-12(6-3-10)28(18,25)26)27-16(22)13-8-11(20(23)24)4-7-14(13)17/h2-9H,1H3,(H,19,21)(H2,18,25,26)/t9-/m0/s1. The van der Waals surface area contributed by atoms with Gasteiger partial charge in [-0.3, -0.25) is 14.9 Å². The van der Waals surface area contributed by atoms with E-state index in [1.807, 2.05) is 0 Å². The van der Waals surface area contributed by atoms with Crippen LogP contribution in [0, 0.1) is 10.1 Å². The lowest BCUT2D eigenvalue weighted by Gasteiger charge is -2.14. The summed E-state index contributed by atoms with van der Waals surface area (Å²) in [7, 11) is -3.87. The number of nitro groups is 1. The molecule has 2 aromatic rings. The molecule has 1 amide bonds. The van der Waals surface area contributed by atoms with Gasteiger partial charge in [-0.15, -0.1) is 0 Å². The molecule has 0 saturated carbocycles. The van der Waals surface area contributed by atoms with Crippen molar-refractivity contribution in [2.45, 2.75) is 17.9 Å². The van der Waals surface area contributed by atoms with Gasteiger partial charge in [0.2, 0.25) is 10.0 Å². The van der Waals surface area contributed by atoms with Gasteiger partial charge >= 0.3 is 5.97 Å². The zero-order chi connectivity index (χ0) is 21.1. The summed E-state index contributed by atoms with van der Waals surface area (Å²) < 4.78 is 27.4. The number of sulfonamides is 1.